The van der Waals surface area contributed by atoms with Gasteiger partial charge in [0.2, 0.25) is 5.82 Å². The van der Waals surface area contributed by atoms with Gasteiger partial charge in [0.1, 0.15) is 12.4 Å². The van der Waals surface area contributed by atoms with Gasteiger partial charge in [-0.25, -0.2) is 4.98 Å². The second-order valence-electron chi connectivity index (χ2n) is 6.03. The van der Waals surface area contributed by atoms with Gasteiger partial charge in [-0.2, -0.15) is 4.98 Å². The molecule has 1 saturated carbocycles. The first-order valence-electron chi connectivity index (χ1n) is 8.16. The molecule has 1 aromatic heterocycles. The molecule has 3 rings (SSSR count). The average Bonchev–Trinajstić information content (AvgIpc) is 2.56. The minimum Gasteiger partial charge on any atom is -0.469 e. The smallest absolute Gasteiger partial charge is 0.372 e. The molecule has 0 atom stereocenters. The van der Waals surface area contributed by atoms with Crippen molar-refractivity contribution in [2.75, 3.05) is 18.0 Å². The second kappa shape index (κ2) is 6.89. The number of hydrogen-bond donors (Lipinski definition) is 0. The summed E-state index contributed by atoms with van der Waals surface area (Å²) in [4.78, 5) is 21.3. The molecule has 0 spiro atoms. The first kappa shape index (κ1) is 15.0. The first-order valence-corrected chi connectivity index (χ1v) is 8.16. The highest BCUT2D eigenvalue weighted by Gasteiger charge is 2.30. The zero-order valence-electron chi connectivity index (χ0n) is 12.7. The van der Waals surface area contributed by atoms with Gasteiger partial charge in [0.25, 0.3) is 5.88 Å². The summed E-state index contributed by atoms with van der Waals surface area (Å²) in [6, 6.07) is 0. The van der Waals surface area contributed by atoms with Crippen molar-refractivity contribution in [3.8, 4) is 5.88 Å². The molecule has 0 amide bonds. The predicted molar refractivity (Wildman–Crippen MR) is 82.3 cm³/mol. The Balaban J connectivity index is 1.86. The molecular formula is C15H22N4O3. The Bertz CT molecular complexity index is 526. The molecule has 2 heterocycles. The summed E-state index contributed by atoms with van der Waals surface area (Å²) in [5.41, 5.74) is -0.0741. The number of hydrogen-bond acceptors (Lipinski definition) is 6. The summed E-state index contributed by atoms with van der Waals surface area (Å²) in [5.74, 6) is 0.540. The summed E-state index contributed by atoms with van der Waals surface area (Å²) in [7, 11) is 0. The predicted octanol–water partition coefficient (Wildman–Crippen LogP) is 3.09. The molecule has 1 aliphatic carbocycles. The van der Waals surface area contributed by atoms with E-state index < -0.39 is 4.92 Å². The number of nitro groups is 1. The fourth-order valence-electron chi connectivity index (χ4n) is 3.28. The molecule has 7 nitrogen and oxygen atoms in total. The van der Waals surface area contributed by atoms with Gasteiger partial charge in [-0.3, -0.25) is 10.1 Å². The number of ether oxygens (including phenoxy) is 1. The van der Waals surface area contributed by atoms with Crippen molar-refractivity contribution in [3.63, 3.8) is 0 Å². The van der Waals surface area contributed by atoms with Crippen LogP contribution in [0.25, 0.3) is 0 Å². The molecular weight excluding hydrogens is 284 g/mol. The zero-order valence-corrected chi connectivity index (χ0v) is 12.7. The third kappa shape index (κ3) is 3.28. The number of nitrogens with zero attached hydrogens (tertiary/aromatic N) is 4. The summed E-state index contributed by atoms with van der Waals surface area (Å²) in [5, 5.41) is 11.5. The zero-order chi connectivity index (χ0) is 15.4. The summed E-state index contributed by atoms with van der Waals surface area (Å²) in [6.45, 7) is 1.61. The van der Waals surface area contributed by atoms with Crippen LogP contribution in [0.3, 0.4) is 0 Å². The fourth-order valence-corrected chi connectivity index (χ4v) is 3.28. The van der Waals surface area contributed by atoms with Crippen LogP contribution in [0.4, 0.5) is 11.5 Å². The van der Waals surface area contributed by atoms with Crippen molar-refractivity contribution in [3.05, 3.63) is 16.4 Å². The number of piperidine rings is 1. The lowest BCUT2D eigenvalue weighted by Gasteiger charge is -2.28. The Hall–Kier alpha value is -1.92. The quantitative estimate of drug-likeness (QED) is 0.628. The maximum atomic E-state index is 11.5. The summed E-state index contributed by atoms with van der Waals surface area (Å²) in [6.07, 6.45) is 10.0. The maximum absolute atomic E-state index is 11.5. The molecule has 120 valence electrons. The Kier molecular flexibility index (Phi) is 4.70. The molecule has 2 fully saturated rings. The van der Waals surface area contributed by atoms with Crippen LogP contribution < -0.4 is 9.64 Å². The van der Waals surface area contributed by atoms with Gasteiger partial charge in [0, 0.05) is 13.1 Å². The number of anilines is 1. The van der Waals surface area contributed by atoms with E-state index in [1.807, 2.05) is 4.90 Å². The van der Waals surface area contributed by atoms with Crippen LogP contribution in [0.15, 0.2) is 6.33 Å². The normalized spacial score (nSPS) is 19.9. The average molecular weight is 306 g/mol. The molecule has 2 aliphatic rings. The molecule has 0 unspecified atom stereocenters. The van der Waals surface area contributed by atoms with E-state index in [1.54, 1.807) is 0 Å². The maximum Gasteiger partial charge on any atom is 0.372 e. The van der Waals surface area contributed by atoms with E-state index in [9.17, 15) is 10.1 Å². The highest BCUT2D eigenvalue weighted by molar-refractivity contribution is 5.62. The van der Waals surface area contributed by atoms with E-state index in [4.69, 9.17) is 4.74 Å². The lowest BCUT2D eigenvalue weighted by atomic mass is 9.98. The highest BCUT2D eigenvalue weighted by Crippen LogP contribution is 2.36. The molecule has 1 aliphatic heterocycles. The van der Waals surface area contributed by atoms with Crippen LogP contribution in [0.1, 0.15) is 51.4 Å². The van der Waals surface area contributed by atoms with Crippen molar-refractivity contribution < 1.29 is 9.66 Å². The standard InChI is InChI=1S/C15H22N4O3/c20-19(21)13-14(18-9-5-2-6-10-18)16-11-17-15(13)22-12-7-3-1-4-8-12/h11-12H,1-10H2. The van der Waals surface area contributed by atoms with E-state index in [-0.39, 0.29) is 17.7 Å². The number of rotatable bonds is 4. The molecule has 0 aromatic carbocycles. The summed E-state index contributed by atoms with van der Waals surface area (Å²) >= 11 is 0. The molecule has 22 heavy (non-hydrogen) atoms. The van der Waals surface area contributed by atoms with Crippen LogP contribution in [-0.2, 0) is 0 Å². The Morgan fingerprint density at radius 2 is 1.77 bits per heavy atom. The molecule has 0 N–H and O–H groups in total. The van der Waals surface area contributed by atoms with Crippen molar-refractivity contribution in [1.82, 2.24) is 9.97 Å². The van der Waals surface area contributed by atoms with E-state index in [0.717, 1.165) is 51.6 Å². The van der Waals surface area contributed by atoms with Crippen molar-refractivity contribution in [2.24, 2.45) is 0 Å². The van der Waals surface area contributed by atoms with Gasteiger partial charge < -0.3 is 9.64 Å². The van der Waals surface area contributed by atoms with Crippen molar-refractivity contribution in [2.45, 2.75) is 57.5 Å². The monoisotopic (exact) mass is 306 g/mol. The van der Waals surface area contributed by atoms with Gasteiger partial charge in [0.15, 0.2) is 0 Å². The van der Waals surface area contributed by atoms with Gasteiger partial charge in [-0.1, -0.05) is 6.42 Å². The van der Waals surface area contributed by atoms with Crippen LogP contribution in [-0.4, -0.2) is 34.1 Å². The van der Waals surface area contributed by atoms with Crippen LogP contribution in [0.5, 0.6) is 5.88 Å². The van der Waals surface area contributed by atoms with E-state index in [2.05, 4.69) is 9.97 Å². The van der Waals surface area contributed by atoms with Gasteiger partial charge in [-0.15, -0.1) is 0 Å². The third-order valence-corrected chi connectivity index (χ3v) is 4.44. The lowest BCUT2D eigenvalue weighted by Crippen LogP contribution is -2.31. The molecule has 7 heteroatoms. The minimum atomic E-state index is -0.401. The van der Waals surface area contributed by atoms with Gasteiger partial charge in [0.05, 0.1) is 4.92 Å². The Labute approximate surface area is 129 Å². The van der Waals surface area contributed by atoms with Crippen LogP contribution in [0, 0.1) is 10.1 Å². The van der Waals surface area contributed by atoms with Crippen LogP contribution in [0.2, 0.25) is 0 Å². The fraction of sp³-hybridized carbons (Fsp3) is 0.733. The van der Waals surface area contributed by atoms with Crippen molar-refractivity contribution >= 4 is 11.5 Å². The van der Waals surface area contributed by atoms with Crippen molar-refractivity contribution in [1.29, 1.82) is 0 Å². The second-order valence-corrected chi connectivity index (χ2v) is 6.03. The third-order valence-electron chi connectivity index (χ3n) is 4.44. The SMILES string of the molecule is O=[N+]([O-])c1c(OC2CCCCC2)ncnc1N1CCCCC1. The van der Waals surface area contributed by atoms with Gasteiger partial charge in [-0.05, 0) is 44.9 Å². The van der Waals surface area contributed by atoms with Crippen LogP contribution >= 0.6 is 0 Å². The minimum absolute atomic E-state index is 0.0385. The van der Waals surface area contributed by atoms with E-state index >= 15 is 0 Å². The molecule has 1 aromatic rings. The number of aromatic nitrogens is 2. The van der Waals surface area contributed by atoms with E-state index in [1.165, 1.54) is 19.2 Å². The highest BCUT2D eigenvalue weighted by atomic mass is 16.6. The molecule has 1 saturated heterocycles. The topological polar surface area (TPSA) is 81.4 Å². The molecule has 0 radical (unpaired) electrons. The van der Waals surface area contributed by atoms with E-state index in [0.29, 0.717) is 5.82 Å². The largest absolute Gasteiger partial charge is 0.469 e. The molecule has 0 bridgehead atoms. The lowest BCUT2D eigenvalue weighted by molar-refractivity contribution is -0.385. The Morgan fingerprint density at radius 3 is 2.45 bits per heavy atom. The van der Waals surface area contributed by atoms with Gasteiger partial charge >= 0.3 is 5.69 Å². The Morgan fingerprint density at radius 1 is 1.09 bits per heavy atom. The first-order chi connectivity index (χ1) is 10.8. The summed E-state index contributed by atoms with van der Waals surface area (Å²) < 4.78 is 5.86.